The van der Waals surface area contributed by atoms with Crippen LogP contribution in [-0.4, -0.2) is 10.2 Å². The first-order valence-electron chi connectivity index (χ1n) is 6.26. The molecule has 1 unspecified atom stereocenters. The van der Waals surface area contributed by atoms with Crippen molar-refractivity contribution in [3.63, 3.8) is 0 Å². The minimum Gasteiger partial charge on any atom is -0.382 e. The Labute approximate surface area is 105 Å². The van der Waals surface area contributed by atoms with Gasteiger partial charge in [0.2, 0.25) is 0 Å². The molecule has 1 fully saturated rings. The van der Waals surface area contributed by atoms with Gasteiger partial charge in [0.15, 0.2) is 5.82 Å². The molecule has 3 N–H and O–H groups in total. The third-order valence-electron chi connectivity index (χ3n) is 3.74. The Bertz CT molecular complexity index is 555. The van der Waals surface area contributed by atoms with Gasteiger partial charge in [-0.2, -0.15) is 5.10 Å². The van der Waals surface area contributed by atoms with E-state index in [4.69, 9.17) is 5.73 Å². The number of nitrogens with two attached hydrogens (primary N) is 1. The second kappa shape index (κ2) is 4.12. The van der Waals surface area contributed by atoms with Crippen LogP contribution in [0.25, 0.3) is 11.1 Å². The maximum absolute atomic E-state index is 13.0. The Morgan fingerprint density at radius 2 is 2.00 bits per heavy atom. The number of aromatic nitrogens is 2. The van der Waals surface area contributed by atoms with E-state index in [2.05, 4.69) is 17.1 Å². The monoisotopic (exact) mass is 245 g/mol. The fourth-order valence-corrected chi connectivity index (χ4v) is 2.45. The zero-order valence-corrected chi connectivity index (χ0v) is 10.3. The molecule has 1 aromatic carbocycles. The molecule has 1 aliphatic carbocycles. The van der Waals surface area contributed by atoms with Crippen LogP contribution in [0, 0.1) is 11.7 Å². The third kappa shape index (κ3) is 1.88. The number of benzene rings is 1. The van der Waals surface area contributed by atoms with Crippen LogP contribution in [0.4, 0.5) is 10.2 Å². The van der Waals surface area contributed by atoms with Gasteiger partial charge in [0.1, 0.15) is 5.82 Å². The highest BCUT2D eigenvalue weighted by atomic mass is 19.1. The Kier molecular flexibility index (Phi) is 2.58. The van der Waals surface area contributed by atoms with Gasteiger partial charge in [-0.25, -0.2) is 4.39 Å². The lowest BCUT2D eigenvalue weighted by atomic mass is 9.95. The predicted molar refractivity (Wildman–Crippen MR) is 69.5 cm³/mol. The second-order valence-corrected chi connectivity index (χ2v) is 5.03. The normalized spacial score (nSPS) is 16.8. The fourth-order valence-electron chi connectivity index (χ4n) is 2.45. The molecular formula is C14H16FN3. The summed E-state index contributed by atoms with van der Waals surface area (Å²) in [7, 11) is 0. The molecule has 0 spiro atoms. The van der Waals surface area contributed by atoms with Gasteiger partial charge in [0.05, 0.1) is 0 Å². The van der Waals surface area contributed by atoms with Crippen molar-refractivity contribution in [2.75, 3.05) is 5.73 Å². The highest BCUT2D eigenvalue weighted by Gasteiger charge is 2.32. The van der Waals surface area contributed by atoms with E-state index in [0.717, 1.165) is 22.7 Å². The number of nitrogens with zero attached hydrogens (tertiary/aromatic N) is 1. The van der Waals surface area contributed by atoms with Crippen molar-refractivity contribution in [1.29, 1.82) is 0 Å². The quantitative estimate of drug-likeness (QED) is 0.871. The molecule has 1 aliphatic rings. The molecule has 0 aliphatic heterocycles. The minimum atomic E-state index is -0.238. The van der Waals surface area contributed by atoms with E-state index in [0.29, 0.717) is 11.7 Å². The SMILES string of the molecule is CC(c1[nH]nc(N)c1-c1ccc(F)cc1)C1CC1. The van der Waals surface area contributed by atoms with Crippen molar-refractivity contribution in [1.82, 2.24) is 10.2 Å². The topological polar surface area (TPSA) is 54.7 Å². The number of hydrogen-bond donors (Lipinski definition) is 2. The number of nitrogens with one attached hydrogen (secondary N) is 1. The van der Waals surface area contributed by atoms with Gasteiger partial charge in [0.25, 0.3) is 0 Å². The molecule has 0 amide bonds. The average molecular weight is 245 g/mol. The summed E-state index contributed by atoms with van der Waals surface area (Å²) in [6, 6.07) is 6.40. The lowest BCUT2D eigenvalue weighted by Gasteiger charge is -2.11. The second-order valence-electron chi connectivity index (χ2n) is 5.03. The molecule has 1 heterocycles. The van der Waals surface area contributed by atoms with Crippen LogP contribution in [0.5, 0.6) is 0 Å². The Morgan fingerprint density at radius 1 is 1.33 bits per heavy atom. The van der Waals surface area contributed by atoms with Crippen LogP contribution < -0.4 is 5.73 Å². The zero-order chi connectivity index (χ0) is 12.7. The van der Waals surface area contributed by atoms with Crippen LogP contribution in [0.2, 0.25) is 0 Å². The van der Waals surface area contributed by atoms with Crippen LogP contribution in [-0.2, 0) is 0 Å². The number of hydrogen-bond acceptors (Lipinski definition) is 2. The molecule has 2 aromatic rings. The van der Waals surface area contributed by atoms with Gasteiger partial charge in [-0.05, 0) is 36.5 Å². The third-order valence-corrected chi connectivity index (χ3v) is 3.74. The van der Waals surface area contributed by atoms with E-state index in [1.54, 1.807) is 12.1 Å². The van der Waals surface area contributed by atoms with E-state index in [9.17, 15) is 4.39 Å². The van der Waals surface area contributed by atoms with Gasteiger partial charge in [0, 0.05) is 17.2 Å². The number of anilines is 1. The van der Waals surface area contributed by atoms with Crippen molar-refractivity contribution in [2.45, 2.75) is 25.7 Å². The number of halogens is 1. The summed E-state index contributed by atoms with van der Waals surface area (Å²) in [5, 5.41) is 7.15. The summed E-state index contributed by atoms with van der Waals surface area (Å²) in [6.07, 6.45) is 2.53. The minimum absolute atomic E-state index is 0.238. The maximum Gasteiger partial charge on any atom is 0.153 e. The lowest BCUT2D eigenvalue weighted by Crippen LogP contribution is -1.99. The van der Waals surface area contributed by atoms with E-state index < -0.39 is 0 Å². The van der Waals surface area contributed by atoms with Crippen LogP contribution in [0.1, 0.15) is 31.4 Å². The number of rotatable bonds is 3. The standard InChI is InChI=1S/C14H16FN3/c1-8(9-2-3-9)13-12(14(16)18-17-13)10-4-6-11(15)7-5-10/h4-9H,2-3H2,1H3,(H3,16,17,18). The number of aromatic amines is 1. The van der Waals surface area contributed by atoms with Gasteiger partial charge < -0.3 is 5.73 Å². The van der Waals surface area contributed by atoms with Crippen molar-refractivity contribution < 1.29 is 4.39 Å². The van der Waals surface area contributed by atoms with E-state index in [1.165, 1.54) is 25.0 Å². The molecule has 1 saturated carbocycles. The average Bonchev–Trinajstić information content (AvgIpc) is 3.14. The number of H-pyrrole nitrogens is 1. The summed E-state index contributed by atoms with van der Waals surface area (Å²) in [4.78, 5) is 0. The summed E-state index contributed by atoms with van der Waals surface area (Å²) in [6.45, 7) is 2.19. The largest absolute Gasteiger partial charge is 0.382 e. The zero-order valence-electron chi connectivity index (χ0n) is 10.3. The molecule has 94 valence electrons. The first-order chi connectivity index (χ1) is 8.66. The van der Waals surface area contributed by atoms with Gasteiger partial charge in [-0.15, -0.1) is 0 Å². The van der Waals surface area contributed by atoms with Gasteiger partial charge >= 0.3 is 0 Å². The summed E-state index contributed by atoms with van der Waals surface area (Å²) < 4.78 is 13.0. The predicted octanol–water partition coefficient (Wildman–Crippen LogP) is 3.31. The summed E-state index contributed by atoms with van der Waals surface area (Å²) in [5.74, 6) is 1.40. The van der Waals surface area contributed by atoms with Crippen molar-refractivity contribution in [3.05, 3.63) is 35.8 Å². The van der Waals surface area contributed by atoms with Gasteiger partial charge in [-0.1, -0.05) is 19.1 Å². The molecule has 0 saturated heterocycles. The van der Waals surface area contributed by atoms with Crippen molar-refractivity contribution in [3.8, 4) is 11.1 Å². The lowest BCUT2D eigenvalue weighted by molar-refractivity contribution is 0.628. The maximum atomic E-state index is 13.0. The number of nitrogen functional groups attached to an aromatic ring is 1. The smallest absolute Gasteiger partial charge is 0.153 e. The van der Waals surface area contributed by atoms with Crippen LogP contribution in [0.3, 0.4) is 0 Å². The van der Waals surface area contributed by atoms with Crippen molar-refractivity contribution in [2.24, 2.45) is 5.92 Å². The Hall–Kier alpha value is -1.84. The van der Waals surface area contributed by atoms with E-state index in [1.807, 2.05) is 0 Å². The summed E-state index contributed by atoms with van der Waals surface area (Å²) >= 11 is 0. The Morgan fingerprint density at radius 3 is 2.61 bits per heavy atom. The molecule has 1 atom stereocenters. The van der Waals surface area contributed by atoms with Gasteiger partial charge in [-0.3, -0.25) is 5.10 Å². The van der Waals surface area contributed by atoms with Crippen LogP contribution in [0.15, 0.2) is 24.3 Å². The Balaban J connectivity index is 2.04. The molecule has 0 radical (unpaired) electrons. The van der Waals surface area contributed by atoms with E-state index in [-0.39, 0.29) is 5.82 Å². The molecule has 3 nitrogen and oxygen atoms in total. The molecule has 18 heavy (non-hydrogen) atoms. The molecular weight excluding hydrogens is 229 g/mol. The fraction of sp³-hybridized carbons (Fsp3) is 0.357. The van der Waals surface area contributed by atoms with Crippen molar-refractivity contribution >= 4 is 5.82 Å². The summed E-state index contributed by atoms with van der Waals surface area (Å²) in [5.41, 5.74) is 8.85. The van der Waals surface area contributed by atoms with E-state index >= 15 is 0 Å². The highest BCUT2D eigenvalue weighted by Crippen LogP contribution is 2.45. The molecule has 0 bridgehead atoms. The molecule has 4 heteroatoms. The first kappa shape index (κ1) is 11.3. The first-order valence-corrected chi connectivity index (χ1v) is 6.26. The molecule has 1 aromatic heterocycles. The molecule has 3 rings (SSSR count). The highest BCUT2D eigenvalue weighted by molar-refractivity contribution is 5.76. The van der Waals surface area contributed by atoms with Crippen LogP contribution >= 0.6 is 0 Å².